The van der Waals surface area contributed by atoms with Gasteiger partial charge in [0.2, 0.25) is 11.6 Å². The van der Waals surface area contributed by atoms with Crippen molar-refractivity contribution >= 4 is 17.5 Å². The fourth-order valence-electron chi connectivity index (χ4n) is 3.26. The molecular weight excluding hydrogens is 364 g/mol. The average molecular weight is 389 g/mol. The van der Waals surface area contributed by atoms with Crippen LogP contribution in [0.2, 0.25) is 5.02 Å². The minimum Gasteiger partial charge on any atom is -0.424 e. The second kappa shape index (κ2) is 9.23. The number of nitrogens with zero attached hydrogens (tertiary/aromatic N) is 3. The first kappa shape index (κ1) is 19.7. The third-order valence-electron chi connectivity index (χ3n) is 4.57. The molecule has 1 aliphatic heterocycles. The lowest BCUT2D eigenvalue weighted by atomic mass is 10.0. The van der Waals surface area contributed by atoms with Crippen LogP contribution in [0, 0.1) is 17.2 Å². The van der Waals surface area contributed by atoms with Crippen molar-refractivity contribution in [1.29, 1.82) is 5.26 Å². The number of ether oxygens (including phenoxy) is 1. The summed E-state index contributed by atoms with van der Waals surface area (Å²) in [6.07, 6.45) is 0.702. The van der Waals surface area contributed by atoms with Gasteiger partial charge in [-0.05, 0) is 17.5 Å². The number of morpholine rings is 1. The number of benzene rings is 1. The Morgan fingerprint density at radius 3 is 2.70 bits per heavy atom. The van der Waals surface area contributed by atoms with E-state index in [9.17, 15) is 5.26 Å². The third kappa shape index (κ3) is 5.01. The number of anilines is 1. The maximum absolute atomic E-state index is 9.38. The van der Waals surface area contributed by atoms with Gasteiger partial charge in [-0.2, -0.15) is 5.26 Å². The molecule has 1 unspecified atom stereocenters. The number of rotatable bonds is 7. The van der Waals surface area contributed by atoms with Crippen molar-refractivity contribution in [2.45, 2.75) is 26.3 Å². The summed E-state index contributed by atoms with van der Waals surface area (Å²) in [5.74, 6) is 1.43. The van der Waals surface area contributed by atoms with Gasteiger partial charge >= 0.3 is 0 Å². The number of nitriles is 1. The van der Waals surface area contributed by atoms with E-state index in [1.807, 2.05) is 24.3 Å². The van der Waals surface area contributed by atoms with Crippen LogP contribution in [-0.2, 0) is 11.2 Å². The van der Waals surface area contributed by atoms with Crippen molar-refractivity contribution in [1.82, 2.24) is 9.88 Å². The molecule has 1 fully saturated rings. The smallest absolute Gasteiger partial charge is 0.232 e. The molecule has 2 heterocycles. The predicted molar refractivity (Wildman–Crippen MR) is 105 cm³/mol. The quantitative estimate of drug-likeness (QED) is 0.775. The Labute approximate surface area is 165 Å². The van der Waals surface area contributed by atoms with E-state index in [1.54, 1.807) is 0 Å². The summed E-state index contributed by atoms with van der Waals surface area (Å²) in [6, 6.07) is 10.0. The highest BCUT2D eigenvalue weighted by Gasteiger charge is 2.25. The largest absolute Gasteiger partial charge is 0.424 e. The molecule has 144 valence electrons. The van der Waals surface area contributed by atoms with E-state index in [0.29, 0.717) is 49.6 Å². The summed E-state index contributed by atoms with van der Waals surface area (Å²) in [5, 5.41) is 13.4. The monoisotopic (exact) mass is 388 g/mol. The van der Waals surface area contributed by atoms with Crippen molar-refractivity contribution in [3.05, 3.63) is 46.4 Å². The van der Waals surface area contributed by atoms with Crippen molar-refractivity contribution in [3.63, 3.8) is 0 Å². The lowest BCUT2D eigenvalue weighted by molar-refractivity contribution is 0.0186. The first-order valence-corrected chi connectivity index (χ1v) is 9.66. The van der Waals surface area contributed by atoms with Crippen molar-refractivity contribution < 1.29 is 9.15 Å². The lowest BCUT2D eigenvalue weighted by Gasteiger charge is -2.35. The summed E-state index contributed by atoms with van der Waals surface area (Å²) in [5.41, 5.74) is 1.35. The molecule has 1 aromatic heterocycles. The van der Waals surface area contributed by atoms with Crippen LogP contribution in [-0.4, -0.2) is 42.7 Å². The van der Waals surface area contributed by atoms with Crippen LogP contribution in [0.5, 0.6) is 0 Å². The number of aromatic nitrogens is 1. The molecule has 6 nitrogen and oxygen atoms in total. The highest BCUT2D eigenvalue weighted by molar-refractivity contribution is 6.31. The SMILES string of the molecule is CC(C)Cc1nc(C#N)c(NCC(c2ccccc2Cl)N2CCOCC2)o1. The fraction of sp³-hybridized carbons (Fsp3) is 0.500. The molecule has 1 aromatic carbocycles. The lowest BCUT2D eigenvalue weighted by Crippen LogP contribution is -2.41. The molecule has 0 amide bonds. The Kier molecular flexibility index (Phi) is 6.73. The number of hydrogen-bond donors (Lipinski definition) is 1. The molecule has 0 aliphatic carbocycles. The normalized spacial score (nSPS) is 16.3. The summed E-state index contributed by atoms with van der Waals surface area (Å²) in [6.45, 7) is 7.81. The molecule has 0 saturated carbocycles. The number of nitrogens with one attached hydrogen (secondary N) is 1. The Hall–Kier alpha value is -2.07. The molecule has 2 aromatic rings. The van der Waals surface area contributed by atoms with E-state index >= 15 is 0 Å². The van der Waals surface area contributed by atoms with E-state index in [4.69, 9.17) is 20.8 Å². The van der Waals surface area contributed by atoms with E-state index in [2.05, 4.69) is 35.1 Å². The maximum atomic E-state index is 9.38. The Bertz CT molecular complexity index is 794. The molecule has 0 radical (unpaired) electrons. The van der Waals surface area contributed by atoms with Gasteiger partial charge in [0, 0.05) is 31.1 Å². The van der Waals surface area contributed by atoms with Gasteiger partial charge in [0.25, 0.3) is 0 Å². The molecule has 0 bridgehead atoms. The first-order valence-electron chi connectivity index (χ1n) is 9.28. The molecular formula is C20H25ClN4O2. The molecule has 1 saturated heterocycles. The molecule has 7 heteroatoms. The highest BCUT2D eigenvalue weighted by Crippen LogP contribution is 2.29. The van der Waals surface area contributed by atoms with Crippen LogP contribution in [0.4, 0.5) is 5.88 Å². The zero-order valence-corrected chi connectivity index (χ0v) is 16.5. The van der Waals surface area contributed by atoms with Crippen molar-refractivity contribution in [3.8, 4) is 6.07 Å². The standard InChI is InChI=1S/C20H25ClN4O2/c1-14(2)11-19-24-17(12-22)20(27-19)23-13-18(25-7-9-26-10-8-25)15-5-3-4-6-16(15)21/h3-6,14,18,23H,7-11,13H2,1-2H3. The van der Waals surface area contributed by atoms with Gasteiger partial charge < -0.3 is 14.5 Å². The third-order valence-corrected chi connectivity index (χ3v) is 4.91. The maximum Gasteiger partial charge on any atom is 0.232 e. The molecule has 1 aliphatic rings. The topological polar surface area (TPSA) is 74.3 Å². The zero-order valence-electron chi connectivity index (χ0n) is 15.7. The summed E-state index contributed by atoms with van der Waals surface area (Å²) >= 11 is 6.47. The van der Waals surface area contributed by atoms with E-state index in [-0.39, 0.29) is 6.04 Å². The van der Waals surface area contributed by atoms with E-state index < -0.39 is 0 Å². The average Bonchev–Trinajstić information content (AvgIpc) is 3.05. The molecule has 1 atom stereocenters. The van der Waals surface area contributed by atoms with E-state index in [1.165, 1.54) is 0 Å². The van der Waals surface area contributed by atoms with Crippen LogP contribution in [0.15, 0.2) is 28.7 Å². The summed E-state index contributed by atoms with van der Waals surface area (Å²) in [4.78, 5) is 6.64. The second-order valence-electron chi connectivity index (χ2n) is 7.06. The van der Waals surface area contributed by atoms with Gasteiger partial charge in [0.05, 0.1) is 19.3 Å². The summed E-state index contributed by atoms with van der Waals surface area (Å²) < 4.78 is 11.3. The zero-order chi connectivity index (χ0) is 19.2. The van der Waals surface area contributed by atoms with Crippen LogP contribution in [0.1, 0.15) is 37.0 Å². The van der Waals surface area contributed by atoms with Crippen LogP contribution in [0.25, 0.3) is 0 Å². The Morgan fingerprint density at radius 2 is 2.04 bits per heavy atom. The van der Waals surface area contributed by atoms with Crippen molar-refractivity contribution in [2.75, 3.05) is 38.2 Å². The first-order chi connectivity index (χ1) is 13.1. The second-order valence-corrected chi connectivity index (χ2v) is 7.47. The van der Waals surface area contributed by atoms with Crippen LogP contribution < -0.4 is 5.32 Å². The van der Waals surface area contributed by atoms with E-state index in [0.717, 1.165) is 23.7 Å². The number of oxazole rings is 1. The van der Waals surface area contributed by atoms with Gasteiger partial charge in [-0.15, -0.1) is 0 Å². The van der Waals surface area contributed by atoms with Crippen molar-refractivity contribution in [2.24, 2.45) is 5.92 Å². The van der Waals surface area contributed by atoms with Gasteiger partial charge in [0.1, 0.15) is 6.07 Å². The Morgan fingerprint density at radius 1 is 1.30 bits per heavy atom. The minimum absolute atomic E-state index is 0.0489. The predicted octanol–water partition coefficient (Wildman–Crippen LogP) is 3.88. The van der Waals surface area contributed by atoms with Crippen LogP contribution >= 0.6 is 11.6 Å². The summed E-state index contributed by atoms with van der Waals surface area (Å²) in [7, 11) is 0. The molecule has 1 N–H and O–H groups in total. The highest BCUT2D eigenvalue weighted by atomic mass is 35.5. The fourth-order valence-corrected chi connectivity index (χ4v) is 3.52. The number of hydrogen-bond acceptors (Lipinski definition) is 6. The van der Waals surface area contributed by atoms with Gasteiger partial charge in [-0.1, -0.05) is 43.6 Å². The Balaban J connectivity index is 1.80. The number of halogens is 1. The minimum atomic E-state index is 0.0489. The molecule has 27 heavy (non-hydrogen) atoms. The van der Waals surface area contributed by atoms with Gasteiger partial charge in [-0.25, -0.2) is 4.98 Å². The van der Waals surface area contributed by atoms with Gasteiger partial charge in [-0.3, -0.25) is 4.90 Å². The molecule has 0 spiro atoms. The molecule has 3 rings (SSSR count). The van der Waals surface area contributed by atoms with Crippen LogP contribution in [0.3, 0.4) is 0 Å². The van der Waals surface area contributed by atoms with Gasteiger partial charge in [0.15, 0.2) is 5.89 Å².